The van der Waals surface area contributed by atoms with Crippen LogP contribution in [0, 0.1) is 0 Å². The fourth-order valence-electron chi connectivity index (χ4n) is 5.21. The van der Waals surface area contributed by atoms with Crippen molar-refractivity contribution in [1.82, 2.24) is 4.90 Å². The van der Waals surface area contributed by atoms with E-state index in [4.69, 9.17) is 0 Å². The molecule has 1 aromatic carbocycles. The van der Waals surface area contributed by atoms with Gasteiger partial charge in [0.1, 0.15) is 5.67 Å². The second kappa shape index (κ2) is 3.60. The first-order valence-corrected chi connectivity index (χ1v) is 7.47. The van der Waals surface area contributed by atoms with Gasteiger partial charge in [-0.15, -0.1) is 0 Å². The molecule has 0 aliphatic heterocycles. The molecule has 0 N–H and O–H groups in total. The van der Waals surface area contributed by atoms with Crippen molar-refractivity contribution in [3.8, 4) is 0 Å². The maximum absolute atomic E-state index is 15.3. The molecule has 4 bridgehead atoms. The lowest BCUT2D eigenvalue weighted by Crippen LogP contribution is -2.57. The number of alkyl halides is 1. The molecule has 1 aromatic rings. The minimum absolute atomic E-state index is 0.0829. The lowest BCUT2D eigenvalue weighted by molar-refractivity contribution is -0.0563. The number of halogens is 1. The van der Waals surface area contributed by atoms with Gasteiger partial charge in [0.25, 0.3) is 0 Å². The molecule has 2 saturated carbocycles. The minimum Gasteiger partial charge on any atom is -0.304 e. The lowest BCUT2D eigenvalue weighted by Gasteiger charge is -2.54. The van der Waals surface area contributed by atoms with Crippen LogP contribution < -0.4 is 0 Å². The summed E-state index contributed by atoms with van der Waals surface area (Å²) in [5.41, 5.74) is 2.03. The summed E-state index contributed by atoms with van der Waals surface area (Å²) in [6.07, 6.45) is 4.51. The number of rotatable bonds is 1. The molecule has 102 valence electrons. The molecule has 0 aromatic heterocycles. The third-order valence-electron chi connectivity index (χ3n) is 5.95. The third kappa shape index (κ3) is 1.56. The minimum atomic E-state index is -0.935. The molecule has 19 heavy (non-hydrogen) atoms. The van der Waals surface area contributed by atoms with E-state index < -0.39 is 5.67 Å². The zero-order valence-corrected chi connectivity index (χ0v) is 11.8. The number of benzene rings is 1. The Kier molecular flexibility index (Phi) is 2.26. The molecule has 0 radical (unpaired) electrons. The first kappa shape index (κ1) is 11.9. The molecule has 2 unspecified atom stereocenters. The Labute approximate surface area is 114 Å². The fraction of sp³-hybridized carbons (Fsp3) is 0.647. The normalized spacial score (nSPS) is 43.4. The molecule has 4 aliphatic rings. The van der Waals surface area contributed by atoms with E-state index in [1.165, 1.54) is 11.1 Å². The van der Waals surface area contributed by atoms with Gasteiger partial charge in [0.15, 0.2) is 0 Å². The van der Waals surface area contributed by atoms with E-state index in [2.05, 4.69) is 43.3 Å². The first-order chi connectivity index (χ1) is 9.01. The van der Waals surface area contributed by atoms with Gasteiger partial charge in [-0.25, -0.2) is 4.39 Å². The van der Waals surface area contributed by atoms with Crippen LogP contribution in [0.5, 0.6) is 0 Å². The van der Waals surface area contributed by atoms with Crippen LogP contribution in [0.25, 0.3) is 0 Å². The first-order valence-electron chi connectivity index (χ1n) is 7.47. The Morgan fingerprint density at radius 2 is 1.53 bits per heavy atom. The molecule has 0 amide bonds. The Morgan fingerprint density at radius 3 is 2.00 bits per heavy atom. The van der Waals surface area contributed by atoms with Crippen LogP contribution in [0.15, 0.2) is 24.3 Å². The van der Waals surface area contributed by atoms with Gasteiger partial charge < -0.3 is 4.90 Å². The van der Waals surface area contributed by atoms with Crippen LogP contribution >= 0.6 is 0 Å². The van der Waals surface area contributed by atoms with Gasteiger partial charge in [-0.3, -0.25) is 0 Å². The molecule has 1 nitrogen and oxygen atoms in total. The SMILES string of the molecule is CN(C)C12CC3CC(F)(CC(C1)c1ccccc13)C2. The molecule has 0 saturated heterocycles. The van der Waals surface area contributed by atoms with Gasteiger partial charge in [-0.2, -0.15) is 0 Å². The molecule has 2 fully saturated rings. The number of hydrogen-bond acceptors (Lipinski definition) is 1. The Bertz CT molecular complexity index is 487. The summed E-state index contributed by atoms with van der Waals surface area (Å²) in [7, 11) is 4.28. The quantitative estimate of drug-likeness (QED) is 0.740. The van der Waals surface area contributed by atoms with Gasteiger partial charge in [0.05, 0.1) is 0 Å². The van der Waals surface area contributed by atoms with E-state index in [1.807, 2.05) is 0 Å². The molecule has 4 aliphatic carbocycles. The van der Waals surface area contributed by atoms with Crippen molar-refractivity contribution in [2.45, 2.75) is 55.1 Å². The zero-order chi connectivity index (χ0) is 13.3. The van der Waals surface area contributed by atoms with E-state index in [9.17, 15) is 0 Å². The van der Waals surface area contributed by atoms with Crippen molar-refractivity contribution in [2.24, 2.45) is 0 Å². The predicted octanol–water partition coefficient (Wildman–Crippen LogP) is 3.85. The zero-order valence-electron chi connectivity index (χ0n) is 11.8. The van der Waals surface area contributed by atoms with Crippen LogP contribution in [0.4, 0.5) is 4.39 Å². The molecule has 2 atom stereocenters. The van der Waals surface area contributed by atoms with E-state index in [0.717, 1.165) is 32.1 Å². The Hall–Kier alpha value is -0.890. The molecular formula is C17H22FN. The average molecular weight is 259 g/mol. The summed E-state index contributed by atoms with van der Waals surface area (Å²) in [6, 6.07) is 8.74. The van der Waals surface area contributed by atoms with Crippen LogP contribution in [0.1, 0.15) is 55.1 Å². The maximum atomic E-state index is 15.3. The highest BCUT2D eigenvalue weighted by Crippen LogP contribution is 2.61. The smallest absolute Gasteiger partial charge is 0.114 e. The summed E-state index contributed by atoms with van der Waals surface area (Å²) in [5.74, 6) is 0.842. The predicted molar refractivity (Wildman–Crippen MR) is 75.3 cm³/mol. The van der Waals surface area contributed by atoms with Gasteiger partial charge in [0.2, 0.25) is 0 Å². The van der Waals surface area contributed by atoms with E-state index in [1.54, 1.807) is 0 Å². The van der Waals surface area contributed by atoms with Crippen LogP contribution in [-0.4, -0.2) is 30.2 Å². The number of nitrogens with zero attached hydrogens (tertiary/aromatic N) is 1. The van der Waals surface area contributed by atoms with Crippen LogP contribution in [0.3, 0.4) is 0 Å². The maximum Gasteiger partial charge on any atom is 0.114 e. The van der Waals surface area contributed by atoms with Crippen molar-refractivity contribution in [2.75, 3.05) is 14.1 Å². The summed E-state index contributed by atoms with van der Waals surface area (Å²) in [5, 5.41) is 0. The lowest BCUT2D eigenvalue weighted by atomic mass is 9.60. The largest absolute Gasteiger partial charge is 0.304 e. The molecule has 2 heteroatoms. The second-order valence-electron chi connectivity index (χ2n) is 7.29. The Morgan fingerprint density at radius 1 is 1.00 bits per heavy atom. The molecule has 0 heterocycles. The van der Waals surface area contributed by atoms with Gasteiger partial charge in [-0.05, 0) is 69.2 Å². The highest BCUT2D eigenvalue weighted by molar-refractivity contribution is 5.40. The standard InChI is InChI=1S/C17H22FN/c1-19(2)17-9-12-7-16(18,11-17)8-13(10-17)15-6-4-3-5-14(12)15/h3-6,12-13H,7-11H2,1-2H3. The monoisotopic (exact) mass is 259 g/mol. The highest BCUT2D eigenvalue weighted by Gasteiger charge is 2.58. The van der Waals surface area contributed by atoms with Crippen molar-refractivity contribution in [3.63, 3.8) is 0 Å². The summed E-state index contributed by atoms with van der Waals surface area (Å²) >= 11 is 0. The summed E-state index contributed by atoms with van der Waals surface area (Å²) in [4.78, 5) is 2.31. The third-order valence-corrected chi connectivity index (χ3v) is 5.95. The van der Waals surface area contributed by atoms with Gasteiger partial charge in [0, 0.05) is 5.54 Å². The van der Waals surface area contributed by atoms with Crippen molar-refractivity contribution < 1.29 is 4.39 Å². The van der Waals surface area contributed by atoms with Crippen molar-refractivity contribution in [1.29, 1.82) is 0 Å². The van der Waals surface area contributed by atoms with E-state index in [-0.39, 0.29) is 5.54 Å². The van der Waals surface area contributed by atoms with Gasteiger partial charge >= 0.3 is 0 Å². The van der Waals surface area contributed by atoms with Crippen molar-refractivity contribution in [3.05, 3.63) is 35.4 Å². The Balaban J connectivity index is 1.90. The number of hydrogen-bond donors (Lipinski definition) is 0. The van der Waals surface area contributed by atoms with E-state index >= 15 is 4.39 Å². The molecule has 5 rings (SSSR count). The highest BCUT2D eigenvalue weighted by atomic mass is 19.1. The average Bonchev–Trinajstić information content (AvgIpc) is 2.50. The molecular weight excluding hydrogens is 237 g/mol. The van der Waals surface area contributed by atoms with Crippen LogP contribution in [0.2, 0.25) is 0 Å². The van der Waals surface area contributed by atoms with Crippen LogP contribution in [-0.2, 0) is 0 Å². The summed E-state index contributed by atoms with van der Waals surface area (Å²) < 4.78 is 15.3. The fourth-order valence-corrected chi connectivity index (χ4v) is 5.21. The van der Waals surface area contributed by atoms with E-state index in [0.29, 0.717) is 11.8 Å². The molecule has 0 spiro atoms. The topological polar surface area (TPSA) is 3.24 Å². The van der Waals surface area contributed by atoms with Gasteiger partial charge in [-0.1, -0.05) is 24.3 Å². The van der Waals surface area contributed by atoms with Crippen molar-refractivity contribution >= 4 is 0 Å². The summed E-state index contributed by atoms with van der Waals surface area (Å²) in [6.45, 7) is 0. The second-order valence-corrected chi connectivity index (χ2v) is 7.29.